The fourth-order valence-electron chi connectivity index (χ4n) is 7.44. The van der Waals surface area contributed by atoms with Gasteiger partial charge in [0.15, 0.2) is 0 Å². The Hall–Kier alpha value is -3.19. The molecule has 3 aromatic rings. The molecule has 226 valence electrons. The van der Waals surface area contributed by atoms with E-state index in [9.17, 15) is 4.39 Å². The summed E-state index contributed by atoms with van der Waals surface area (Å²) in [5.74, 6) is 1.48. The van der Waals surface area contributed by atoms with E-state index in [1.54, 1.807) is 17.7 Å². The maximum absolute atomic E-state index is 13.8. The predicted octanol–water partition coefficient (Wildman–Crippen LogP) is 12.1. The summed E-state index contributed by atoms with van der Waals surface area (Å²) in [6, 6.07) is 23.7. The Bertz CT molecular complexity index is 1370. The van der Waals surface area contributed by atoms with Crippen LogP contribution in [0.4, 0.5) is 4.39 Å². The molecule has 0 spiro atoms. The Morgan fingerprint density at radius 3 is 2.42 bits per heavy atom. The Morgan fingerprint density at radius 1 is 0.884 bits per heavy atom. The average Bonchev–Trinajstić information content (AvgIpc) is 3.04. The molecule has 0 N–H and O–H groups in total. The number of hydrogen-bond donors (Lipinski definition) is 0. The SMILES string of the molecule is CC=Cc1ccc2c(c1)CCC(c1ccc(F)cc1)C2Cc1ccc(CCCCC(CCCC)CC2=CCCC=C2)cc1. The molecule has 0 saturated heterocycles. The molecule has 2 aliphatic carbocycles. The molecule has 0 aliphatic heterocycles. The van der Waals surface area contributed by atoms with Crippen molar-refractivity contribution in [2.45, 2.75) is 109 Å². The lowest BCUT2D eigenvalue weighted by molar-refractivity contribution is 0.414. The van der Waals surface area contributed by atoms with E-state index in [1.165, 1.54) is 97.6 Å². The lowest BCUT2D eigenvalue weighted by Crippen LogP contribution is -2.21. The van der Waals surface area contributed by atoms with Crippen LogP contribution in [-0.4, -0.2) is 0 Å². The summed E-state index contributed by atoms with van der Waals surface area (Å²) >= 11 is 0. The Kier molecular flexibility index (Phi) is 11.7. The van der Waals surface area contributed by atoms with Gasteiger partial charge in [0.1, 0.15) is 5.82 Å². The van der Waals surface area contributed by atoms with E-state index in [2.05, 4.69) is 86.7 Å². The molecule has 0 nitrogen and oxygen atoms in total. The van der Waals surface area contributed by atoms with Crippen molar-refractivity contribution >= 4 is 6.08 Å². The number of allylic oxidation sites excluding steroid dienone is 5. The standard InChI is InChI=1S/C42H51F/c1-3-5-12-34(29-35-14-7-6-8-15-35)16-10-9-13-32-17-19-36(20-18-32)31-42-40(37-22-25-39(43)26-23-37)28-24-38-30-33(11-4-2)21-27-41(38)42/h4,7,11,14-15,17-23,25-27,30,34,40,42H,3,5-6,8-10,12-13,16,24,28-29,31H2,1-2H3. The highest BCUT2D eigenvalue weighted by Crippen LogP contribution is 2.44. The van der Waals surface area contributed by atoms with Crippen molar-refractivity contribution in [1.29, 1.82) is 0 Å². The molecular weight excluding hydrogens is 523 g/mol. The van der Waals surface area contributed by atoms with E-state index in [0.29, 0.717) is 11.8 Å². The van der Waals surface area contributed by atoms with Crippen molar-refractivity contribution in [3.05, 3.63) is 136 Å². The topological polar surface area (TPSA) is 0 Å². The van der Waals surface area contributed by atoms with Gasteiger partial charge in [-0.05, 0) is 122 Å². The van der Waals surface area contributed by atoms with Crippen LogP contribution >= 0.6 is 0 Å². The Labute approximate surface area is 260 Å². The maximum atomic E-state index is 13.8. The minimum atomic E-state index is -0.154. The van der Waals surface area contributed by atoms with Gasteiger partial charge < -0.3 is 0 Å². The van der Waals surface area contributed by atoms with Gasteiger partial charge in [0.05, 0.1) is 0 Å². The Balaban J connectivity index is 1.21. The second-order valence-corrected chi connectivity index (χ2v) is 13.0. The highest BCUT2D eigenvalue weighted by molar-refractivity contribution is 5.53. The van der Waals surface area contributed by atoms with Gasteiger partial charge in [0.2, 0.25) is 0 Å². The normalized spacial score (nSPS) is 18.9. The third-order valence-corrected chi connectivity index (χ3v) is 9.80. The van der Waals surface area contributed by atoms with Gasteiger partial charge >= 0.3 is 0 Å². The third-order valence-electron chi connectivity index (χ3n) is 9.80. The smallest absolute Gasteiger partial charge is 0.123 e. The monoisotopic (exact) mass is 574 g/mol. The third kappa shape index (κ3) is 8.91. The molecule has 0 heterocycles. The van der Waals surface area contributed by atoms with Crippen LogP contribution in [0.5, 0.6) is 0 Å². The second kappa shape index (κ2) is 16.0. The molecule has 1 heteroatoms. The number of fused-ring (bicyclic) bond motifs is 1. The molecule has 0 aromatic heterocycles. The predicted molar refractivity (Wildman–Crippen MR) is 183 cm³/mol. The van der Waals surface area contributed by atoms with Crippen LogP contribution in [0, 0.1) is 11.7 Å². The zero-order valence-corrected chi connectivity index (χ0v) is 26.5. The number of rotatable bonds is 14. The van der Waals surface area contributed by atoms with Crippen molar-refractivity contribution < 1.29 is 4.39 Å². The average molecular weight is 575 g/mol. The summed E-state index contributed by atoms with van der Waals surface area (Å²) in [7, 11) is 0. The molecule has 0 radical (unpaired) electrons. The fraction of sp³-hybridized carbons (Fsp3) is 0.429. The minimum Gasteiger partial charge on any atom is -0.207 e. The molecule has 5 rings (SSSR count). The quantitative estimate of drug-likeness (QED) is 0.168. The summed E-state index contributed by atoms with van der Waals surface area (Å²) in [5.41, 5.74) is 9.92. The number of aryl methyl sites for hydroxylation is 2. The Morgan fingerprint density at radius 2 is 1.67 bits per heavy atom. The molecule has 3 atom stereocenters. The first kappa shape index (κ1) is 31.2. The van der Waals surface area contributed by atoms with Gasteiger partial charge in [-0.2, -0.15) is 0 Å². The highest BCUT2D eigenvalue weighted by Gasteiger charge is 2.31. The number of benzene rings is 3. The van der Waals surface area contributed by atoms with Crippen LogP contribution < -0.4 is 0 Å². The maximum Gasteiger partial charge on any atom is 0.123 e. The first-order valence-electron chi connectivity index (χ1n) is 17.1. The van der Waals surface area contributed by atoms with Gasteiger partial charge in [-0.25, -0.2) is 4.39 Å². The van der Waals surface area contributed by atoms with Gasteiger partial charge in [0, 0.05) is 0 Å². The van der Waals surface area contributed by atoms with Crippen LogP contribution in [0.3, 0.4) is 0 Å². The van der Waals surface area contributed by atoms with Gasteiger partial charge in [0.25, 0.3) is 0 Å². The summed E-state index contributed by atoms with van der Waals surface area (Å²) in [5, 5.41) is 0. The molecule has 0 amide bonds. The molecule has 3 aromatic carbocycles. The van der Waals surface area contributed by atoms with Crippen molar-refractivity contribution in [2.75, 3.05) is 0 Å². The van der Waals surface area contributed by atoms with Gasteiger partial charge in [-0.1, -0.05) is 130 Å². The summed E-state index contributed by atoms with van der Waals surface area (Å²) < 4.78 is 13.8. The van der Waals surface area contributed by atoms with Crippen LogP contribution in [0.15, 0.2) is 96.6 Å². The van der Waals surface area contributed by atoms with Crippen LogP contribution in [0.1, 0.15) is 123 Å². The zero-order valence-electron chi connectivity index (χ0n) is 26.5. The van der Waals surface area contributed by atoms with E-state index in [4.69, 9.17) is 0 Å². The van der Waals surface area contributed by atoms with Crippen LogP contribution in [-0.2, 0) is 19.3 Å². The summed E-state index contributed by atoms with van der Waals surface area (Å²) in [6.07, 6.45) is 27.5. The minimum absolute atomic E-state index is 0.154. The van der Waals surface area contributed by atoms with Crippen molar-refractivity contribution in [3.63, 3.8) is 0 Å². The molecule has 0 fully saturated rings. The van der Waals surface area contributed by atoms with E-state index in [1.807, 2.05) is 12.1 Å². The summed E-state index contributed by atoms with van der Waals surface area (Å²) in [4.78, 5) is 0. The van der Waals surface area contributed by atoms with E-state index in [0.717, 1.165) is 25.2 Å². The zero-order chi connectivity index (χ0) is 29.9. The van der Waals surface area contributed by atoms with E-state index >= 15 is 0 Å². The van der Waals surface area contributed by atoms with Crippen LogP contribution in [0.25, 0.3) is 6.08 Å². The molecule has 3 unspecified atom stereocenters. The molecule has 0 bridgehead atoms. The van der Waals surface area contributed by atoms with Gasteiger partial charge in [-0.3, -0.25) is 0 Å². The molecule has 2 aliphatic rings. The summed E-state index contributed by atoms with van der Waals surface area (Å²) in [6.45, 7) is 4.40. The molecule has 0 saturated carbocycles. The van der Waals surface area contributed by atoms with Crippen molar-refractivity contribution in [2.24, 2.45) is 5.92 Å². The lowest BCUT2D eigenvalue weighted by Gasteiger charge is -2.35. The molecular formula is C42H51F. The number of unbranched alkanes of at least 4 members (excludes halogenated alkanes) is 2. The first-order valence-corrected chi connectivity index (χ1v) is 17.1. The van der Waals surface area contributed by atoms with Crippen molar-refractivity contribution in [3.8, 4) is 0 Å². The number of hydrogen-bond acceptors (Lipinski definition) is 0. The highest BCUT2D eigenvalue weighted by atomic mass is 19.1. The van der Waals surface area contributed by atoms with Crippen molar-refractivity contribution in [1.82, 2.24) is 0 Å². The first-order chi connectivity index (χ1) is 21.1. The van der Waals surface area contributed by atoms with E-state index in [-0.39, 0.29) is 5.82 Å². The fourth-order valence-corrected chi connectivity index (χ4v) is 7.44. The van der Waals surface area contributed by atoms with Gasteiger partial charge in [-0.15, -0.1) is 0 Å². The molecule has 43 heavy (non-hydrogen) atoms. The lowest BCUT2D eigenvalue weighted by atomic mass is 9.69. The second-order valence-electron chi connectivity index (χ2n) is 13.0. The van der Waals surface area contributed by atoms with E-state index < -0.39 is 0 Å². The number of halogens is 1. The largest absolute Gasteiger partial charge is 0.207 e. The van der Waals surface area contributed by atoms with Crippen LogP contribution in [0.2, 0.25) is 0 Å².